The fourth-order valence-corrected chi connectivity index (χ4v) is 7.91. The monoisotopic (exact) mass is 724 g/mol. The van der Waals surface area contributed by atoms with Crippen LogP contribution in [-0.2, 0) is 46.9 Å². The van der Waals surface area contributed by atoms with Gasteiger partial charge in [0.1, 0.15) is 0 Å². The van der Waals surface area contributed by atoms with E-state index in [4.69, 9.17) is 0 Å². The third kappa shape index (κ3) is 7.59. The summed E-state index contributed by atoms with van der Waals surface area (Å²) in [5.41, 5.74) is 20.5. The summed E-state index contributed by atoms with van der Waals surface area (Å²) in [6.45, 7) is 24.8. The van der Waals surface area contributed by atoms with Crippen LogP contribution in [0.3, 0.4) is 0 Å². The zero-order valence-corrected chi connectivity index (χ0v) is 33.4. The molecule has 3 heteroatoms. The molecule has 0 heterocycles. The predicted octanol–water partition coefficient (Wildman–Crippen LogP) is 5.16. The van der Waals surface area contributed by atoms with Crippen LogP contribution in [0.25, 0.3) is 22.3 Å². The van der Waals surface area contributed by atoms with Gasteiger partial charge in [-0.15, -0.1) is 11.6 Å². The van der Waals surface area contributed by atoms with Crippen LogP contribution in [0.5, 0.6) is 0 Å². The number of hydrogen-bond acceptors (Lipinski definition) is 0. The van der Waals surface area contributed by atoms with Gasteiger partial charge in [-0.3, -0.25) is 6.08 Å². The fraction of sp³-hybridized carbons (Fsp3) is 0.349. The second-order valence-electron chi connectivity index (χ2n) is 15.1. The van der Waals surface area contributed by atoms with Gasteiger partial charge in [-0.1, -0.05) is 98.3 Å². The second kappa shape index (κ2) is 14.1. The Balaban J connectivity index is 0.000000229. The van der Waals surface area contributed by atoms with E-state index in [1.54, 1.807) is 0 Å². The van der Waals surface area contributed by atoms with Gasteiger partial charge in [0.25, 0.3) is 0 Å². The van der Waals surface area contributed by atoms with Crippen molar-refractivity contribution in [3.63, 3.8) is 0 Å². The molecule has 0 N–H and O–H groups in total. The molecule has 0 spiro atoms. The predicted molar refractivity (Wildman–Crippen MR) is 189 cm³/mol. The Morgan fingerprint density at radius 3 is 1.80 bits per heavy atom. The number of aryl methyl sites for hydroxylation is 2. The normalized spacial score (nSPS) is 15.6. The summed E-state index contributed by atoms with van der Waals surface area (Å²) in [7, 11) is 0. The summed E-state index contributed by atoms with van der Waals surface area (Å²) in [6, 6.07) is 24.7. The molecule has 0 saturated carbocycles. The van der Waals surface area contributed by atoms with Crippen molar-refractivity contribution in [1.82, 2.24) is 0 Å². The van der Waals surface area contributed by atoms with E-state index in [1.807, 2.05) is 6.07 Å². The van der Waals surface area contributed by atoms with Crippen molar-refractivity contribution in [3.05, 3.63) is 135 Å². The van der Waals surface area contributed by atoms with Crippen LogP contribution in [0.2, 0.25) is 0 Å². The van der Waals surface area contributed by atoms with Gasteiger partial charge in [-0.2, -0.15) is 28.3 Å². The summed E-state index contributed by atoms with van der Waals surface area (Å²) < 4.78 is 2.17. The van der Waals surface area contributed by atoms with Crippen LogP contribution in [0.1, 0.15) is 118 Å². The van der Waals surface area contributed by atoms with Crippen LogP contribution >= 0.6 is 0 Å². The van der Waals surface area contributed by atoms with Crippen molar-refractivity contribution in [2.45, 2.75) is 98.8 Å². The van der Waals surface area contributed by atoms with Crippen LogP contribution in [-0.4, -0.2) is 3.71 Å². The van der Waals surface area contributed by atoms with Crippen LogP contribution < -0.4 is 24.8 Å². The number of benzene rings is 3. The Morgan fingerprint density at radius 2 is 1.33 bits per heavy atom. The van der Waals surface area contributed by atoms with Crippen molar-refractivity contribution in [2.24, 2.45) is 0 Å². The first-order valence-electron chi connectivity index (χ1n) is 16.0. The minimum absolute atomic E-state index is 0. The third-order valence-corrected chi connectivity index (χ3v) is 10.3. The summed E-state index contributed by atoms with van der Waals surface area (Å²) in [5, 5.41) is 0. The molecule has 3 aliphatic rings. The molecule has 4 aromatic carbocycles. The third-order valence-electron chi connectivity index (χ3n) is 9.45. The van der Waals surface area contributed by atoms with Gasteiger partial charge >= 0.3 is 63.8 Å². The molecule has 0 radical (unpaired) electrons. The second-order valence-corrected chi connectivity index (χ2v) is 15.9. The maximum absolute atomic E-state index is 3.65. The van der Waals surface area contributed by atoms with Gasteiger partial charge in [-0.05, 0) is 58.4 Å². The van der Waals surface area contributed by atoms with Crippen LogP contribution in [0.15, 0.2) is 72.8 Å². The molecule has 0 aromatic heterocycles. The molecule has 0 bridgehead atoms. The first-order chi connectivity index (χ1) is 20.5. The number of allylic oxidation sites excluding steroid dienone is 4. The van der Waals surface area contributed by atoms with Crippen molar-refractivity contribution >= 4 is 14.9 Å². The Kier molecular flexibility index (Phi) is 11.8. The van der Waals surface area contributed by atoms with Gasteiger partial charge in [0.05, 0.1) is 0 Å². The summed E-state index contributed by atoms with van der Waals surface area (Å²) in [5.74, 6) is 0. The maximum atomic E-state index is 3.65. The van der Waals surface area contributed by atoms with Gasteiger partial charge in [-0.25, -0.2) is 11.6 Å². The Bertz CT molecular complexity index is 1720. The summed E-state index contributed by atoms with van der Waals surface area (Å²) in [6.07, 6.45) is 7.13. The SMILES string of the molecule is CC1=[C-]C(C)(C)c2cc3c(cc21)-c1cc2c(cc1C3)C(C)(C)C=C2C.Cc1cc(C(C)(C)C)c(C)[cH-]1.[Cl-].[Cl-].[Zr+2]=[CH]c1ccccc1. The number of halogens is 2. The molecule has 46 heavy (non-hydrogen) atoms. The molecule has 4 aromatic rings. The van der Waals surface area contributed by atoms with E-state index in [-0.39, 0.29) is 35.6 Å². The molecule has 0 fully saturated rings. The first kappa shape index (κ1) is 38.3. The number of hydrogen-bond donors (Lipinski definition) is 0. The van der Waals surface area contributed by atoms with Gasteiger partial charge in [0.2, 0.25) is 0 Å². The fourth-order valence-electron chi connectivity index (χ4n) is 7.43. The minimum atomic E-state index is 0. The first-order valence-corrected chi connectivity index (χ1v) is 17.4. The molecule has 0 saturated heterocycles. The van der Waals surface area contributed by atoms with Crippen LogP contribution in [0.4, 0.5) is 0 Å². The Morgan fingerprint density at radius 1 is 0.761 bits per heavy atom. The van der Waals surface area contributed by atoms with E-state index < -0.39 is 0 Å². The van der Waals surface area contributed by atoms with E-state index in [2.05, 4.69) is 153 Å². The van der Waals surface area contributed by atoms with E-state index in [1.165, 1.54) is 102 Å². The van der Waals surface area contributed by atoms with E-state index >= 15 is 0 Å². The molecular weight excluding hydrogens is 679 g/mol. The van der Waals surface area contributed by atoms with Gasteiger partial charge < -0.3 is 24.8 Å². The summed E-state index contributed by atoms with van der Waals surface area (Å²) >= 11 is 1.46. The molecular formula is C43H48Cl2Zr-2. The van der Waals surface area contributed by atoms with Gasteiger partial charge in [0.15, 0.2) is 0 Å². The van der Waals surface area contributed by atoms with Crippen LogP contribution in [0, 0.1) is 19.9 Å². The van der Waals surface area contributed by atoms with E-state index in [0.29, 0.717) is 5.41 Å². The van der Waals surface area contributed by atoms with Crippen molar-refractivity contribution in [3.8, 4) is 11.1 Å². The molecule has 0 nitrogen and oxygen atoms in total. The molecule has 0 unspecified atom stereocenters. The van der Waals surface area contributed by atoms with Crippen molar-refractivity contribution in [1.29, 1.82) is 0 Å². The standard InChI is InChI=1S/C25H25.C11H17.C7H6.2ClH.Zr/c1-14-12-24(3,4)22-8-16-7-17-9-23-19(15(2)13-25(23,5)6)11-21(17)20(16)10-18(14)22;1-8-6-9(2)10(7-8)11(3,4)5;1-7-5-3-2-4-6-7;;;/h8-12H,7H2,1-6H3;6-7H,1-5H3;1-6H;2*1H;/q2*-1;;;;+2/p-2. The molecule has 3 aliphatic carbocycles. The Labute approximate surface area is 306 Å². The van der Waals surface area contributed by atoms with Gasteiger partial charge in [0, 0.05) is 5.41 Å². The molecule has 0 amide bonds. The number of fused-ring (bicyclic) bond motifs is 5. The number of rotatable bonds is 1. The molecule has 7 rings (SSSR count). The average Bonchev–Trinajstić information content (AvgIpc) is 3.62. The molecule has 0 aliphatic heterocycles. The van der Waals surface area contributed by atoms with E-state index in [9.17, 15) is 0 Å². The zero-order chi connectivity index (χ0) is 32.2. The summed E-state index contributed by atoms with van der Waals surface area (Å²) in [4.78, 5) is 0. The van der Waals surface area contributed by atoms with Crippen molar-refractivity contribution in [2.75, 3.05) is 0 Å². The van der Waals surface area contributed by atoms with Crippen molar-refractivity contribution < 1.29 is 49.0 Å². The molecule has 240 valence electrons. The average molecular weight is 727 g/mol. The quantitative estimate of drug-likeness (QED) is 0.210. The Hall–Kier alpha value is -2.18. The topological polar surface area (TPSA) is 0 Å². The zero-order valence-electron chi connectivity index (χ0n) is 29.5. The molecule has 0 atom stereocenters. The van der Waals surface area contributed by atoms with E-state index in [0.717, 1.165) is 6.42 Å².